The summed E-state index contributed by atoms with van der Waals surface area (Å²) in [5, 5.41) is 4.03. The van der Waals surface area contributed by atoms with Gasteiger partial charge in [0.25, 0.3) is 0 Å². The van der Waals surface area contributed by atoms with Crippen LogP contribution in [0.25, 0.3) is 0 Å². The van der Waals surface area contributed by atoms with Gasteiger partial charge in [-0.15, -0.1) is 0 Å². The van der Waals surface area contributed by atoms with Crippen LogP contribution in [-0.4, -0.2) is 39.7 Å². The molecule has 0 amide bonds. The van der Waals surface area contributed by atoms with Crippen LogP contribution in [0.1, 0.15) is 19.2 Å². The monoisotopic (exact) mass is 319 g/mol. The average molecular weight is 320 g/mol. The lowest BCUT2D eigenvalue weighted by atomic mass is 10.3. The highest BCUT2D eigenvalue weighted by molar-refractivity contribution is 9.10. The van der Waals surface area contributed by atoms with Crippen LogP contribution in [0, 0.1) is 0 Å². The van der Waals surface area contributed by atoms with E-state index in [0.717, 1.165) is 0 Å². The number of aryl methyl sites for hydroxylation is 1. The van der Waals surface area contributed by atoms with Gasteiger partial charge in [-0.1, -0.05) is 0 Å². The number of carbonyl (C=O) groups excluding carboxylic acids is 2. The van der Waals surface area contributed by atoms with Gasteiger partial charge in [-0.2, -0.15) is 5.10 Å². The number of rotatable bonds is 7. The number of carbonyl (C=O) groups is 2. The molecule has 18 heavy (non-hydrogen) atoms. The lowest BCUT2D eigenvalue weighted by Crippen LogP contribution is -2.16. The number of nitrogens with zero attached hydrogens (tertiary/aromatic N) is 3. The second-order valence-electron chi connectivity index (χ2n) is 3.43. The third kappa shape index (κ3) is 4.92. The van der Waals surface area contributed by atoms with Gasteiger partial charge in [-0.25, -0.2) is 9.67 Å². The molecule has 1 aromatic rings. The van der Waals surface area contributed by atoms with Crippen molar-refractivity contribution in [2.75, 3.05) is 13.2 Å². The lowest BCUT2D eigenvalue weighted by molar-refractivity contribution is -0.146. The van der Waals surface area contributed by atoms with Gasteiger partial charge in [0.05, 0.1) is 6.61 Å². The molecule has 8 heteroatoms. The van der Waals surface area contributed by atoms with Crippen molar-refractivity contribution in [2.24, 2.45) is 7.05 Å². The van der Waals surface area contributed by atoms with Crippen molar-refractivity contribution < 1.29 is 19.1 Å². The maximum Gasteiger partial charge on any atom is 0.313 e. The van der Waals surface area contributed by atoms with Crippen LogP contribution in [0.4, 0.5) is 0 Å². The molecule has 1 rings (SSSR count). The van der Waals surface area contributed by atoms with Crippen LogP contribution in [-0.2, 0) is 32.7 Å². The maximum atomic E-state index is 11.3. The van der Waals surface area contributed by atoms with Crippen molar-refractivity contribution >= 4 is 27.7 Å². The van der Waals surface area contributed by atoms with E-state index in [1.807, 2.05) is 0 Å². The Morgan fingerprint density at radius 3 is 2.72 bits per heavy atom. The Morgan fingerprint density at radius 1 is 1.44 bits per heavy atom. The molecule has 0 aliphatic rings. The summed E-state index contributed by atoms with van der Waals surface area (Å²) in [5.74, 6) is -0.401. The number of aromatic nitrogens is 3. The molecule has 7 nitrogen and oxygen atoms in total. The van der Waals surface area contributed by atoms with E-state index in [-0.39, 0.29) is 32.0 Å². The summed E-state index contributed by atoms with van der Waals surface area (Å²) < 4.78 is 11.9. The van der Waals surface area contributed by atoms with Crippen molar-refractivity contribution in [3.8, 4) is 0 Å². The maximum absolute atomic E-state index is 11.3. The highest BCUT2D eigenvalue weighted by Gasteiger charge is 2.11. The van der Waals surface area contributed by atoms with Crippen molar-refractivity contribution in [2.45, 2.75) is 20.0 Å². The molecule has 0 saturated heterocycles. The summed E-state index contributed by atoms with van der Waals surface area (Å²) in [4.78, 5) is 26.3. The van der Waals surface area contributed by atoms with E-state index >= 15 is 0 Å². The van der Waals surface area contributed by atoms with E-state index < -0.39 is 5.97 Å². The first-order chi connectivity index (χ1) is 8.52. The normalized spacial score (nSPS) is 10.4. The number of esters is 1. The van der Waals surface area contributed by atoms with Crippen LogP contribution < -0.4 is 0 Å². The van der Waals surface area contributed by atoms with Crippen molar-refractivity contribution in [1.29, 1.82) is 0 Å². The highest BCUT2D eigenvalue weighted by Crippen LogP contribution is 2.05. The minimum atomic E-state index is -0.537. The predicted octanol–water partition coefficient (Wildman–Crippen LogP) is 0.617. The van der Waals surface area contributed by atoms with Gasteiger partial charge >= 0.3 is 5.97 Å². The molecule has 0 atom stereocenters. The Kier molecular flexibility index (Phi) is 5.93. The van der Waals surface area contributed by atoms with E-state index in [1.54, 1.807) is 18.7 Å². The molecule has 1 heterocycles. The fourth-order valence-electron chi connectivity index (χ4n) is 1.16. The Bertz CT molecular complexity index is 413. The van der Waals surface area contributed by atoms with Crippen LogP contribution in [0.15, 0.2) is 4.73 Å². The summed E-state index contributed by atoms with van der Waals surface area (Å²) in [6.07, 6.45) is -0.271. The first-order valence-corrected chi connectivity index (χ1v) is 6.12. The molecule has 0 aliphatic carbocycles. The number of halogens is 1. The molecule has 0 aliphatic heterocycles. The van der Waals surface area contributed by atoms with Gasteiger partial charge in [-0.3, -0.25) is 9.59 Å². The van der Waals surface area contributed by atoms with Crippen LogP contribution in [0.5, 0.6) is 0 Å². The van der Waals surface area contributed by atoms with Crippen LogP contribution in [0.2, 0.25) is 0 Å². The molecular formula is C10H14BrN3O4. The number of hydrogen-bond donors (Lipinski definition) is 0. The third-order valence-electron chi connectivity index (χ3n) is 1.89. The predicted molar refractivity (Wildman–Crippen MR) is 64.6 cm³/mol. The highest BCUT2D eigenvalue weighted by atomic mass is 79.9. The van der Waals surface area contributed by atoms with Gasteiger partial charge in [0, 0.05) is 7.05 Å². The molecular weight excluding hydrogens is 306 g/mol. The molecule has 0 radical (unpaired) electrons. The van der Waals surface area contributed by atoms with E-state index in [0.29, 0.717) is 10.6 Å². The van der Waals surface area contributed by atoms with Gasteiger partial charge < -0.3 is 9.47 Å². The SMILES string of the molecule is CCOC(=O)CC(=O)COCc1nc(Br)n(C)n1. The molecule has 0 aromatic carbocycles. The zero-order chi connectivity index (χ0) is 13.5. The van der Waals surface area contributed by atoms with E-state index in [2.05, 4.69) is 30.7 Å². The molecule has 0 N–H and O–H groups in total. The topological polar surface area (TPSA) is 83.3 Å². The summed E-state index contributed by atoms with van der Waals surface area (Å²) in [6, 6.07) is 0. The minimum Gasteiger partial charge on any atom is -0.466 e. The summed E-state index contributed by atoms with van der Waals surface area (Å²) in [5.41, 5.74) is 0. The summed E-state index contributed by atoms with van der Waals surface area (Å²) in [6.45, 7) is 1.91. The number of hydrogen-bond acceptors (Lipinski definition) is 6. The van der Waals surface area contributed by atoms with Gasteiger partial charge in [0.2, 0.25) is 0 Å². The second kappa shape index (κ2) is 7.22. The standard InChI is InChI=1S/C10H14BrN3O4/c1-3-18-9(16)4-7(15)5-17-6-8-12-10(11)14(2)13-8/h3-6H2,1-2H3. The van der Waals surface area contributed by atoms with E-state index in [4.69, 9.17) is 4.74 Å². The Labute approximate surface area is 113 Å². The van der Waals surface area contributed by atoms with Crippen molar-refractivity contribution in [3.63, 3.8) is 0 Å². The Hall–Kier alpha value is -1.28. The first kappa shape index (κ1) is 14.8. The van der Waals surface area contributed by atoms with Gasteiger partial charge in [0.1, 0.15) is 19.6 Å². The van der Waals surface area contributed by atoms with Crippen molar-refractivity contribution in [3.05, 3.63) is 10.6 Å². The van der Waals surface area contributed by atoms with Gasteiger partial charge in [-0.05, 0) is 22.9 Å². The third-order valence-corrected chi connectivity index (χ3v) is 2.59. The largest absolute Gasteiger partial charge is 0.466 e. The molecule has 100 valence electrons. The number of ether oxygens (including phenoxy) is 2. The van der Waals surface area contributed by atoms with Gasteiger partial charge in [0.15, 0.2) is 16.3 Å². The molecule has 0 spiro atoms. The molecule has 0 saturated carbocycles. The average Bonchev–Trinajstić information content (AvgIpc) is 2.58. The van der Waals surface area contributed by atoms with Crippen LogP contribution >= 0.6 is 15.9 Å². The quantitative estimate of drug-likeness (QED) is 0.541. The molecule has 1 aromatic heterocycles. The molecule has 0 bridgehead atoms. The Morgan fingerprint density at radius 2 is 2.17 bits per heavy atom. The zero-order valence-electron chi connectivity index (χ0n) is 10.2. The van der Waals surface area contributed by atoms with Crippen LogP contribution in [0.3, 0.4) is 0 Å². The Balaban J connectivity index is 2.25. The zero-order valence-corrected chi connectivity index (χ0v) is 11.8. The van der Waals surface area contributed by atoms with Crippen molar-refractivity contribution in [1.82, 2.24) is 14.8 Å². The second-order valence-corrected chi connectivity index (χ2v) is 4.14. The number of Topliss-reactive ketones (excluding diaryl/α,β-unsaturated/α-hetero) is 1. The fourth-order valence-corrected chi connectivity index (χ4v) is 1.44. The molecule has 0 fully saturated rings. The van der Waals surface area contributed by atoms with E-state index in [1.165, 1.54) is 0 Å². The lowest BCUT2D eigenvalue weighted by Gasteiger charge is -2.01. The minimum absolute atomic E-state index is 0.119. The molecule has 0 unspecified atom stereocenters. The fraction of sp³-hybridized carbons (Fsp3) is 0.600. The summed E-state index contributed by atoms with van der Waals surface area (Å²) >= 11 is 3.19. The summed E-state index contributed by atoms with van der Waals surface area (Å²) in [7, 11) is 1.73. The smallest absolute Gasteiger partial charge is 0.313 e. The van der Waals surface area contributed by atoms with E-state index in [9.17, 15) is 9.59 Å². The first-order valence-electron chi connectivity index (χ1n) is 5.33. The number of ketones is 1.